The Labute approximate surface area is 123 Å². The van der Waals surface area contributed by atoms with E-state index in [0.29, 0.717) is 6.42 Å². The predicted octanol–water partition coefficient (Wildman–Crippen LogP) is 2.31. The van der Waals surface area contributed by atoms with Crippen molar-refractivity contribution in [2.24, 2.45) is 5.92 Å². The molecule has 1 aromatic rings. The van der Waals surface area contributed by atoms with Crippen LogP contribution >= 0.6 is 0 Å². The third kappa shape index (κ3) is 1.72. The third-order valence-electron chi connectivity index (χ3n) is 5.36. The first-order valence-electron chi connectivity index (χ1n) is 7.58. The first kappa shape index (κ1) is 13.0. The first-order chi connectivity index (χ1) is 10.1. The molecule has 3 aliphatic rings. The largest absolute Gasteiger partial charge is 0.392 e. The molecule has 0 bridgehead atoms. The van der Waals surface area contributed by atoms with Crippen molar-refractivity contribution >= 4 is 11.9 Å². The Bertz CT molecular complexity index is 617. The van der Waals surface area contributed by atoms with Crippen molar-refractivity contribution in [3.05, 3.63) is 35.4 Å². The minimum atomic E-state index is -0.428. The molecule has 4 atom stereocenters. The van der Waals surface area contributed by atoms with E-state index in [0.717, 1.165) is 30.6 Å². The van der Waals surface area contributed by atoms with Gasteiger partial charge in [0.15, 0.2) is 0 Å². The van der Waals surface area contributed by atoms with Gasteiger partial charge in [0.1, 0.15) is 0 Å². The van der Waals surface area contributed by atoms with Gasteiger partial charge in [-0.3, -0.25) is 9.59 Å². The number of rotatable bonds is 1. The molecule has 0 N–H and O–H groups in total. The van der Waals surface area contributed by atoms with E-state index in [1.54, 1.807) is 0 Å². The Morgan fingerprint density at radius 1 is 1.19 bits per heavy atom. The Hall–Kier alpha value is -1.68. The lowest BCUT2D eigenvalue weighted by Gasteiger charge is -2.43. The SMILES string of the molecule is CC1(C2CCCO2)CC2C(=O)OC(=O)C2c2ccccc21. The van der Waals surface area contributed by atoms with Crippen LogP contribution in [0.25, 0.3) is 0 Å². The highest BCUT2D eigenvalue weighted by Gasteiger charge is 2.56. The van der Waals surface area contributed by atoms with Crippen LogP contribution in [0.5, 0.6) is 0 Å². The molecule has 0 saturated carbocycles. The highest BCUT2D eigenvalue weighted by molar-refractivity contribution is 6.00. The molecule has 4 heteroatoms. The summed E-state index contributed by atoms with van der Waals surface area (Å²) in [6.45, 7) is 2.94. The lowest BCUT2D eigenvalue weighted by Crippen LogP contribution is -2.44. The molecule has 2 heterocycles. The number of fused-ring (bicyclic) bond motifs is 3. The van der Waals surface area contributed by atoms with Gasteiger partial charge in [-0.05, 0) is 30.4 Å². The van der Waals surface area contributed by atoms with E-state index >= 15 is 0 Å². The second-order valence-corrected chi connectivity index (χ2v) is 6.53. The van der Waals surface area contributed by atoms with E-state index in [2.05, 4.69) is 13.0 Å². The Morgan fingerprint density at radius 3 is 2.76 bits per heavy atom. The molecule has 0 amide bonds. The van der Waals surface area contributed by atoms with Crippen LogP contribution in [-0.4, -0.2) is 24.6 Å². The Kier molecular flexibility index (Phi) is 2.73. The van der Waals surface area contributed by atoms with Crippen LogP contribution in [0.4, 0.5) is 0 Å². The summed E-state index contributed by atoms with van der Waals surface area (Å²) in [6.07, 6.45) is 2.80. The van der Waals surface area contributed by atoms with Crippen LogP contribution in [0.15, 0.2) is 24.3 Å². The molecule has 21 heavy (non-hydrogen) atoms. The fourth-order valence-corrected chi connectivity index (χ4v) is 4.32. The monoisotopic (exact) mass is 286 g/mol. The van der Waals surface area contributed by atoms with Gasteiger partial charge in [-0.1, -0.05) is 31.2 Å². The summed E-state index contributed by atoms with van der Waals surface area (Å²) in [5.74, 6) is -1.56. The zero-order chi connectivity index (χ0) is 14.6. The molecular weight excluding hydrogens is 268 g/mol. The second-order valence-electron chi connectivity index (χ2n) is 6.53. The summed E-state index contributed by atoms with van der Waals surface area (Å²) in [6, 6.07) is 7.95. The number of hydrogen-bond acceptors (Lipinski definition) is 4. The molecular formula is C17H18O4. The number of esters is 2. The van der Waals surface area contributed by atoms with Crippen molar-refractivity contribution in [2.45, 2.75) is 43.6 Å². The molecule has 1 aromatic carbocycles. The average Bonchev–Trinajstić information content (AvgIpc) is 3.09. The molecule has 2 fully saturated rings. The number of benzene rings is 1. The van der Waals surface area contributed by atoms with E-state index in [-0.39, 0.29) is 23.4 Å². The molecule has 1 aliphatic carbocycles. The maximum Gasteiger partial charge on any atom is 0.321 e. The van der Waals surface area contributed by atoms with E-state index in [4.69, 9.17) is 9.47 Å². The predicted molar refractivity (Wildman–Crippen MR) is 74.7 cm³/mol. The van der Waals surface area contributed by atoms with Crippen LogP contribution in [-0.2, 0) is 24.5 Å². The second kappa shape index (κ2) is 4.41. The van der Waals surface area contributed by atoms with Crippen molar-refractivity contribution in [3.8, 4) is 0 Å². The van der Waals surface area contributed by atoms with Gasteiger partial charge >= 0.3 is 11.9 Å². The van der Waals surface area contributed by atoms with E-state index < -0.39 is 11.9 Å². The number of hydrogen-bond donors (Lipinski definition) is 0. The Morgan fingerprint density at radius 2 is 2.00 bits per heavy atom. The molecule has 2 saturated heterocycles. The van der Waals surface area contributed by atoms with Crippen molar-refractivity contribution in [1.29, 1.82) is 0 Å². The summed E-state index contributed by atoms with van der Waals surface area (Å²) in [5.41, 5.74) is 1.87. The fourth-order valence-electron chi connectivity index (χ4n) is 4.32. The molecule has 0 aromatic heterocycles. The first-order valence-corrected chi connectivity index (χ1v) is 7.58. The topological polar surface area (TPSA) is 52.6 Å². The number of carbonyl (C=O) groups is 2. The van der Waals surface area contributed by atoms with Gasteiger partial charge in [-0.15, -0.1) is 0 Å². The van der Waals surface area contributed by atoms with Gasteiger partial charge in [0.25, 0.3) is 0 Å². The lowest BCUT2D eigenvalue weighted by molar-refractivity contribution is -0.153. The van der Waals surface area contributed by atoms with Crippen molar-refractivity contribution in [2.75, 3.05) is 6.61 Å². The maximum atomic E-state index is 12.0. The molecule has 110 valence electrons. The van der Waals surface area contributed by atoms with Gasteiger partial charge in [0, 0.05) is 12.0 Å². The van der Waals surface area contributed by atoms with Crippen LogP contribution < -0.4 is 0 Å². The fraction of sp³-hybridized carbons (Fsp3) is 0.529. The molecule has 4 rings (SSSR count). The molecule has 2 aliphatic heterocycles. The average molecular weight is 286 g/mol. The number of cyclic esters (lactones) is 2. The van der Waals surface area contributed by atoms with Crippen molar-refractivity contribution in [1.82, 2.24) is 0 Å². The third-order valence-corrected chi connectivity index (χ3v) is 5.36. The highest BCUT2D eigenvalue weighted by Crippen LogP contribution is 2.52. The van der Waals surface area contributed by atoms with E-state index in [1.165, 1.54) is 0 Å². The minimum absolute atomic E-state index is 0.114. The summed E-state index contributed by atoms with van der Waals surface area (Å²) >= 11 is 0. The van der Waals surface area contributed by atoms with Gasteiger partial charge < -0.3 is 9.47 Å². The Balaban J connectivity index is 1.87. The molecule has 4 unspecified atom stereocenters. The van der Waals surface area contributed by atoms with Crippen LogP contribution in [0.3, 0.4) is 0 Å². The van der Waals surface area contributed by atoms with Crippen LogP contribution in [0.2, 0.25) is 0 Å². The van der Waals surface area contributed by atoms with E-state index in [9.17, 15) is 9.59 Å². The van der Waals surface area contributed by atoms with Gasteiger partial charge in [0.05, 0.1) is 17.9 Å². The summed E-state index contributed by atoms with van der Waals surface area (Å²) in [4.78, 5) is 24.1. The standard InChI is InChI=1S/C17H18O4/c1-17(13-7-4-8-20-13)9-11-14(16(19)21-15(11)18)10-5-2-3-6-12(10)17/h2-3,5-6,11,13-14H,4,7-9H2,1H3. The quantitative estimate of drug-likeness (QED) is 0.587. The number of carbonyl (C=O) groups excluding carboxylic acids is 2. The molecule has 0 spiro atoms. The summed E-state index contributed by atoms with van der Waals surface area (Å²) in [7, 11) is 0. The van der Waals surface area contributed by atoms with Gasteiger partial charge in [0.2, 0.25) is 0 Å². The van der Waals surface area contributed by atoms with Crippen LogP contribution in [0, 0.1) is 5.92 Å². The van der Waals surface area contributed by atoms with E-state index in [1.807, 2.05) is 18.2 Å². The zero-order valence-corrected chi connectivity index (χ0v) is 12.0. The van der Waals surface area contributed by atoms with Crippen molar-refractivity contribution in [3.63, 3.8) is 0 Å². The van der Waals surface area contributed by atoms with Gasteiger partial charge in [-0.25, -0.2) is 0 Å². The smallest absolute Gasteiger partial charge is 0.321 e. The highest BCUT2D eigenvalue weighted by atomic mass is 16.6. The summed E-state index contributed by atoms with van der Waals surface area (Å²) in [5, 5.41) is 0. The zero-order valence-electron chi connectivity index (χ0n) is 12.0. The normalized spacial score (nSPS) is 38.0. The molecule has 4 nitrogen and oxygen atoms in total. The number of ether oxygens (including phenoxy) is 2. The summed E-state index contributed by atoms with van der Waals surface area (Å²) < 4.78 is 10.8. The molecule has 0 radical (unpaired) electrons. The maximum absolute atomic E-state index is 12.0. The van der Waals surface area contributed by atoms with Gasteiger partial charge in [-0.2, -0.15) is 0 Å². The minimum Gasteiger partial charge on any atom is -0.392 e. The van der Waals surface area contributed by atoms with Crippen molar-refractivity contribution < 1.29 is 19.1 Å². The lowest BCUT2D eigenvalue weighted by atomic mass is 9.61. The van der Waals surface area contributed by atoms with Crippen LogP contribution in [0.1, 0.15) is 43.2 Å².